The van der Waals surface area contributed by atoms with E-state index in [1.165, 1.54) is 36.5 Å². The summed E-state index contributed by atoms with van der Waals surface area (Å²) in [5.74, 6) is -1.24. The second-order valence-corrected chi connectivity index (χ2v) is 10.8. The lowest BCUT2D eigenvalue weighted by atomic mass is 10.2. The first-order valence-electron chi connectivity index (χ1n) is 8.75. The van der Waals surface area contributed by atoms with Crippen molar-refractivity contribution in [1.82, 2.24) is 4.98 Å². The molecule has 3 aromatic rings. The topological polar surface area (TPSA) is 125 Å². The lowest BCUT2D eigenvalue weighted by molar-refractivity contribution is 0.184. The summed E-state index contributed by atoms with van der Waals surface area (Å²) < 4.78 is 52.5. The van der Waals surface area contributed by atoms with Crippen LogP contribution >= 0.6 is 0 Å². The van der Waals surface area contributed by atoms with Crippen LogP contribution in [0.1, 0.15) is 0 Å². The van der Waals surface area contributed by atoms with E-state index in [2.05, 4.69) is 4.98 Å². The monoisotopic (exact) mass is 434 g/mol. The van der Waals surface area contributed by atoms with Crippen molar-refractivity contribution in [2.45, 2.75) is 17.0 Å². The maximum Gasteiger partial charge on any atom is 0.266 e. The Kier molecular flexibility index (Phi) is 4.72. The first-order valence-corrected chi connectivity index (χ1v) is 12.0. The largest absolute Gasteiger partial charge is 0.508 e. The van der Waals surface area contributed by atoms with E-state index < -0.39 is 43.5 Å². The molecule has 1 saturated heterocycles. The number of pyridine rings is 1. The van der Waals surface area contributed by atoms with Crippen molar-refractivity contribution in [1.29, 1.82) is 0 Å². The number of anilines is 1. The molecule has 2 aromatic carbocycles. The van der Waals surface area contributed by atoms with E-state index in [1.54, 1.807) is 24.3 Å². The Balaban J connectivity index is 1.95. The average molecular weight is 434 g/mol. The molecular weight excluding hydrogens is 416 g/mol. The maximum absolute atomic E-state index is 13.7. The molecule has 8 nitrogen and oxygen atoms in total. The Morgan fingerprint density at radius 3 is 2.45 bits per heavy atom. The predicted octanol–water partition coefficient (Wildman–Crippen LogP) is 1.29. The van der Waals surface area contributed by atoms with Gasteiger partial charge >= 0.3 is 0 Å². The van der Waals surface area contributed by atoms with Gasteiger partial charge in [-0.3, -0.25) is 9.29 Å². The van der Waals surface area contributed by atoms with E-state index in [1.807, 2.05) is 0 Å². The summed E-state index contributed by atoms with van der Waals surface area (Å²) in [5.41, 5.74) is 0.287. The second-order valence-electron chi connectivity index (χ2n) is 6.86. The van der Waals surface area contributed by atoms with Crippen LogP contribution in [0.15, 0.2) is 65.7 Å². The van der Waals surface area contributed by atoms with E-state index in [4.69, 9.17) is 0 Å². The Morgan fingerprint density at radius 2 is 1.76 bits per heavy atom. The van der Waals surface area contributed by atoms with Gasteiger partial charge in [0.15, 0.2) is 9.84 Å². The third kappa shape index (κ3) is 3.54. The quantitative estimate of drug-likeness (QED) is 0.634. The Labute approximate surface area is 168 Å². The SMILES string of the molecule is O=S1(=O)C[C@@H](O)[C@@H](N(c2cccc(O)c2)S(=O)(=O)c2cccc3cccnc23)C1. The molecule has 2 heterocycles. The van der Waals surface area contributed by atoms with Gasteiger partial charge in [0.1, 0.15) is 10.6 Å². The zero-order valence-electron chi connectivity index (χ0n) is 15.1. The normalized spacial score (nSPS) is 21.3. The van der Waals surface area contributed by atoms with Crippen LogP contribution in [0.4, 0.5) is 5.69 Å². The molecule has 1 aliphatic rings. The van der Waals surface area contributed by atoms with Crippen molar-refractivity contribution in [3.63, 3.8) is 0 Å². The number of benzene rings is 2. The van der Waals surface area contributed by atoms with Crippen LogP contribution in [-0.2, 0) is 19.9 Å². The van der Waals surface area contributed by atoms with Crippen molar-refractivity contribution in [3.05, 3.63) is 60.8 Å². The summed E-state index contributed by atoms with van der Waals surface area (Å²) in [7, 11) is -7.96. The molecule has 152 valence electrons. The van der Waals surface area contributed by atoms with Crippen molar-refractivity contribution < 1.29 is 27.0 Å². The number of sulfonamides is 1. The number of fused-ring (bicyclic) bond motifs is 1. The minimum atomic E-state index is -4.33. The first kappa shape index (κ1) is 19.6. The third-order valence-electron chi connectivity index (χ3n) is 4.81. The van der Waals surface area contributed by atoms with E-state index in [0.29, 0.717) is 5.39 Å². The zero-order valence-corrected chi connectivity index (χ0v) is 16.7. The highest BCUT2D eigenvalue weighted by atomic mass is 32.2. The van der Waals surface area contributed by atoms with Crippen LogP contribution in [0.2, 0.25) is 0 Å². The zero-order chi connectivity index (χ0) is 20.8. The van der Waals surface area contributed by atoms with Gasteiger partial charge in [0, 0.05) is 17.6 Å². The third-order valence-corrected chi connectivity index (χ3v) is 8.40. The summed E-state index contributed by atoms with van der Waals surface area (Å²) in [6, 6.07) is 12.3. The molecule has 1 fully saturated rings. The van der Waals surface area contributed by atoms with Crippen LogP contribution in [0.3, 0.4) is 0 Å². The highest BCUT2D eigenvalue weighted by Crippen LogP contribution is 2.34. The van der Waals surface area contributed by atoms with Crippen molar-refractivity contribution in [2.24, 2.45) is 0 Å². The van der Waals surface area contributed by atoms with Gasteiger partial charge in [0.25, 0.3) is 10.0 Å². The van der Waals surface area contributed by atoms with E-state index in [-0.39, 0.29) is 21.8 Å². The molecule has 4 rings (SSSR count). The number of phenolic OH excluding ortho intramolecular Hbond substituents is 1. The molecule has 10 heteroatoms. The van der Waals surface area contributed by atoms with Gasteiger partial charge in [-0.25, -0.2) is 16.8 Å². The molecule has 2 atom stereocenters. The number of hydrogen-bond acceptors (Lipinski definition) is 7. The molecule has 29 heavy (non-hydrogen) atoms. The average Bonchev–Trinajstić information content (AvgIpc) is 2.93. The standard InChI is InChI=1S/C19H18N2O6S2/c22-15-7-2-6-14(10-15)21(16-11-28(24,25)12-17(16)23)29(26,27)18-8-1-4-13-5-3-9-20-19(13)18/h1-10,16-17,22-23H,11-12H2/t16-,17+/m0/s1. The summed E-state index contributed by atoms with van der Waals surface area (Å²) in [5, 5.41) is 20.9. The molecule has 0 radical (unpaired) electrons. The number of sulfone groups is 1. The molecular formula is C19H18N2O6S2. The van der Waals surface area contributed by atoms with Gasteiger partial charge in [0.05, 0.1) is 34.9 Å². The van der Waals surface area contributed by atoms with Gasteiger partial charge in [-0.2, -0.15) is 0 Å². The van der Waals surface area contributed by atoms with Gasteiger partial charge < -0.3 is 10.2 Å². The number of aliphatic hydroxyl groups excluding tert-OH is 1. The lowest BCUT2D eigenvalue weighted by Crippen LogP contribution is -2.47. The number of aliphatic hydroxyl groups is 1. The van der Waals surface area contributed by atoms with Crippen LogP contribution in [0, 0.1) is 0 Å². The van der Waals surface area contributed by atoms with Gasteiger partial charge in [0.2, 0.25) is 0 Å². The van der Waals surface area contributed by atoms with Crippen molar-refractivity contribution >= 4 is 36.5 Å². The molecule has 0 saturated carbocycles. The fourth-order valence-corrected chi connectivity index (χ4v) is 7.27. The Bertz CT molecular complexity index is 1290. The first-order chi connectivity index (χ1) is 13.7. The Morgan fingerprint density at radius 1 is 1.03 bits per heavy atom. The van der Waals surface area contributed by atoms with E-state index in [9.17, 15) is 27.0 Å². The smallest absolute Gasteiger partial charge is 0.266 e. The number of nitrogens with zero attached hydrogens (tertiary/aromatic N) is 2. The molecule has 0 spiro atoms. The predicted molar refractivity (Wildman–Crippen MR) is 108 cm³/mol. The summed E-state index contributed by atoms with van der Waals surface area (Å²) in [6.07, 6.45) is 0.0645. The van der Waals surface area contributed by atoms with Gasteiger partial charge in [-0.1, -0.05) is 24.3 Å². The minimum absolute atomic E-state index is 0.0547. The molecule has 2 N–H and O–H groups in total. The van der Waals surface area contributed by atoms with Crippen LogP contribution in [-0.4, -0.2) is 55.7 Å². The molecule has 0 unspecified atom stereocenters. The minimum Gasteiger partial charge on any atom is -0.508 e. The second kappa shape index (κ2) is 6.97. The van der Waals surface area contributed by atoms with Crippen LogP contribution in [0.5, 0.6) is 5.75 Å². The van der Waals surface area contributed by atoms with Crippen LogP contribution < -0.4 is 4.31 Å². The van der Waals surface area contributed by atoms with Crippen LogP contribution in [0.25, 0.3) is 10.9 Å². The van der Waals surface area contributed by atoms with E-state index >= 15 is 0 Å². The molecule has 1 aromatic heterocycles. The lowest BCUT2D eigenvalue weighted by Gasteiger charge is -2.31. The maximum atomic E-state index is 13.7. The molecule has 0 bridgehead atoms. The van der Waals surface area contributed by atoms with Gasteiger partial charge in [-0.15, -0.1) is 0 Å². The summed E-state index contributed by atoms with van der Waals surface area (Å²) in [6.45, 7) is 0. The highest BCUT2D eigenvalue weighted by molar-refractivity contribution is 7.93. The highest BCUT2D eigenvalue weighted by Gasteiger charge is 2.45. The molecule has 0 aliphatic carbocycles. The molecule has 1 aliphatic heterocycles. The van der Waals surface area contributed by atoms with Crippen molar-refractivity contribution in [2.75, 3.05) is 15.8 Å². The fraction of sp³-hybridized carbons (Fsp3) is 0.211. The Hall–Kier alpha value is -2.69. The number of rotatable bonds is 4. The fourth-order valence-electron chi connectivity index (χ4n) is 3.56. The number of aromatic nitrogens is 1. The van der Waals surface area contributed by atoms with Gasteiger partial charge in [-0.05, 0) is 24.3 Å². The summed E-state index contributed by atoms with van der Waals surface area (Å²) in [4.78, 5) is 4.06. The number of hydrogen-bond donors (Lipinski definition) is 2. The number of para-hydroxylation sites is 1. The van der Waals surface area contributed by atoms with Crippen molar-refractivity contribution in [3.8, 4) is 5.75 Å². The number of aromatic hydroxyl groups is 1. The number of phenols is 1. The molecule has 0 amide bonds. The summed E-state index contributed by atoms with van der Waals surface area (Å²) >= 11 is 0. The van der Waals surface area contributed by atoms with E-state index in [0.717, 1.165) is 4.31 Å².